The number of hydrogen-bond acceptors (Lipinski definition) is 1. The Morgan fingerprint density at radius 3 is 1.89 bits per heavy atom. The standard InChI is InChI=1S/C36H21NS/c1-2-11-24-21-25(19-17-22(24)9-1)37-31-16-8-7-15-29(31)32-27-13-5-6-14-28(27)33-30-20-18-23-10-3-4-12-26(23)35(30)38-36(33)34(32)37/h1-21H. The highest BCUT2D eigenvalue weighted by Crippen LogP contribution is 2.49. The molecular weight excluding hydrogens is 478 g/mol. The van der Waals surface area contributed by atoms with Crippen molar-refractivity contribution in [3.05, 3.63) is 127 Å². The Kier molecular flexibility index (Phi) is 3.99. The van der Waals surface area contributed by atoms with Crippen LogP contribution in [0.3, 0.4) is 0 Å². The molecule has 0 aliphatic heterocycles. The van der Waals surface area contributed by atoms with E-state index in [1.807, 2.05) is 11.3 Å². The Bertz CT molecular complexity index is 2400. The minimum Gasteiger partial charge on any atom is -0.308 e. The van der Waals surface area contributed by atoms with Crippen LogP contribution in [0.4, 0.5) is 0 Å². The molecular formula is C36H21NS. The highest BCUT2D eigenvalue weighted by Gasteiger charge is 2.22. The minimum absolute atomic E-state index is 1.20. The number of benzene rings is 7. The molecule has 9 aromatic rings. The second-order valence-corrected chi connectivity index (χ2v) is 11.1. The summed E-state index contributed by atoms with van der Waals surface area (Å²) in [7, 11) is 0. The summed E-state index contributed by atoms with van der Waals surface area (Å²) in [6.45, 7) is 0. The van der Waals surface area contributed by atoms with Crippen molar-refractivity contribution in [3.8, 4) is 5.69 Å². The maximum Gasteiger partial charge on any atom is 0.0726 e. The topological polar surface area (TPSA) is 4.93 Å². The summed E-state index contributed by atoms with van der Waals surface area (Å²) in [5, 5.41) is 13.1. The van der Waals surface area contributed by atoms with Gasteiger partial charge in [-0.3, -0.25) is 0 Å². The van der Waals surface area contributed by atoms with Crippen LogP contribution in [0.1, 0.15) is 0 Å². The molecule has 0 aliphatic carbocycles. The highest BCUT2D eigenvalue weighted by molar-refractivity contribution is 7.27. The van der Waals surface area contributed by atoms with Gasteiger partial charge in [0.2, 0.25) is 0 Å². The van der Waals surface area contributed by atoms with Crippen LogP contribution >= 0.6 is 11.3 Å². The van der Waals surface area contributed by atoms with Crippen molar-refractivity contribution in [1.29, 1.82) is 0 Å². The number of hydrogen-bond donors (Lipinski definition) is 0. The lowest BCUT2D eigenvalue weighted by atomic mass is 9.98. The smallest absolute Gasteiger partial charge is 0.0726 e. The molecule has 0 saturated heterocycles. The summed E-state index contributed by atoms with van der Waals surface area (Å²) in [5.74, 6) is 0. The predicted octanol–water partition coefficient (Wildman–Crippen LogP) is 10.6. The molecule has 0 spiro atoms. The van der Waals surface area contributed by atoms with E-state index < -0.39 is 0 Å². The quantitative estimate of drug-likeness (QED) is 0.212. The van der Waals surface area contributed by atoms with Crippen molar-refractivity contribution < 1.29 is 0 Å². The molecule has 0 fully saturated rings. The highest BCUT2D eigenvalue weighted by atomic mass is 32.1. The van der Waals surface area contributed by atoms with E-state index in [-0.39, 0.29) is 0 Å². The second kappa shape index (κ2) is 7.44. The van der Waals surface area contributed by atoms with E-state index in [9.17, 15) is 0 Å². The van der Waals surface area contributed by atoms with Crippen LogP contribution in [-0.2, 0) is 0 Å². The third-order valence-corrected chi connectivity index (χ3v) is 9.37. The van der Waals surface area contributed by atoms with Gasteiger partial charge in [0.1, 0.15) is 0 Å². The summed E-state index contributed by atoms with van der Waals surface area (Å²) in [5.41, 5.74) is 3.76. The molecule has 176 valence electrons. The van der Waals surface area contributed by atoms with Gasteiger partial charge in [-0.15, -0.1) is 11.3 Å². The molecule has 0 saturated carbocycles. The third-order valence-electron chi connectivity index (χ3n) is 8.13. The van der Waals surface area contributed by atoms with E-state index in [0.717, 1.165) is 0 Å². The van der Waals surface area contributed by atoms with Crippen molar-refractivity contribution in [2.75, 3.05) is 0 Å². The molecule has 0 bridgehead atoms. The number of thiophene rings is 1. The summed E-state index contributed by atoms with van der Waals surface area (Å²) in [6.07, 6.45) is 0. The molecule has 0 unspecified atom stereocenters. The molecule has 7 aromatic carbocycles. The van der Waals surface area contributed by atoms with Crippen molar-refractivity contribution >= 4 is 85.6 Å². The molecule has 38 heavy (non-hydrogen) atoms. The predicted molar refractivity (Wildman–Crippen MR) is 166 cm³/mol. The summed E-state index contributed by atoms with van der Waals surface area (Å²) in [6, 6.07) is 46.8. The molecule has 0 aliphatic rings. The van der Waals surface area contributed by atoms with Crippen molar-refractivity contribution in [2.24, 2.45) is 0 Å². The number of para-hydroxylation sites is 1. The average molecular weight is 500 g/mol. The fraction of sp³-hybridized carbons (Fsp3) is 0. The van der Waals surface area contributed by atoms with E-state index in [2.05, 4.69) is 132 Å². The molecule has 0 atom stereocenters. The lowest BCUT2D eigenvalue weighted by Gasteiger charge is -2.11. The molecule has 0 N–H and O–H groups in total. The van der Waals surface area contributed by atoms with E-state index in [0.29, 0.717) is 0 Å². The van der Waals surface area contributed by atoms with E-state index >= 15 is 0 Å². The SMILES string of the molecule is c1ccc2cc(-n3c4ccccc4c4c5ccccc5c5c6ccc7ccccc7c6sc5c43)ccc2c1. The summed E-state index contributed by atoms with van der Waals surface area (Å²) in [4.78, 5) is 0. The first-order chi connectivity index (χ1) is 18.9. The Morgan fingerprint density at radius 1 is 0.421 bits per heavy atom. The lowest BCUT2D eigenvalue weighted by molar-refractivity contribution is 1.19. The van der Waals surface area contributed by atoms with Crippen LogP contribution in [0.2, 0.25) is 0 Å². The Balaban J connectivity index is 1.59. The van der Waals surface area contributed by atoms with Crippen LogP contribution in [0.5, 0.6) is 0 Å². The maximum absolute atomic E-state index is 2.50. The molecule has 9 rings (SSSR count). The molecule has 0 radical (unpaired) electrons. The first-order valence-corrected chi connectivity index (χ1v) is 13.9. The number of aromatic nitrogens is 1. The average Bonchev–Trinajstić information content (AvgIpc) is 3.54. The van der Waals surface area contributed by atoms with E-state index in [1.54, 1.807) is 0 Å². The van der Waals surface area contributed by atoms with Crippen molar-refractivity contribution in [2.45, 2.75) is 0 Å². The Labute approximate surface area is 222 Å². The van der Waals surface area contributed by atoms with Crippen LogP contribution < -0.4 is 0 Å². The fourth-order valence-electron chi connectivity index (χ4n) is 6.49. The zero-order valence-corrected chi connectivity index (χ0v) is 21.3. The van der Waals surface area contributed by atoms with E-state index in [4.69, 9.17) is 0 Å². The van der Waals surface area contributed by atoms with Gasteiger partial charge in [-0.2, -0.15) is 0 Å². The van der Waals surface area contributed by atoms with Crippen LogP contribution in [0.15, 0.2) is 127 Å². The van der Waals surface area contributed by atoms with E-state index in [1.165, 1.54) is 80.0 Å². The number of nitrogens with zero attached hydrogens (tertiary/aromatic N) is 1. The van der Waals surface area contributed by atoms with Gasteiger partial charge in [-0.1, -0.05) is 109 Å². The second-order valence-electron chi connectivity index (χ2n) is 10.1. The molecule has 0 amide bonds. The van der Waals surface area contributed by atoms with Gasteiger partial charge in [0.05, 0.1) is 15.7 Å². The van der Waals surface area contributed by atoms with Gasteiger partial charge in [0.25, 0.3) is 0 Å². The van der Waals surface area contributed by atoms with Gasteiger partial charge in [0, 0.05) is 31.9 Å². The van der Waals surface area contributed by atoms with Crippen LogP contribution in [0.25, 0.3) is 80.0 Å². The molecule has 2 heteroatoms. The van der Waals surface area contributed by atoms with Crippen LogP contribution in [-0.4, -0.2) is 4.57 Å². The number of rotatable bonds is 1. The third kappa shape index (κ3) is 2.60. The van der Waals surface area contributed by atoms with Gasteiger partial charge >= 0.3 is 0 Å². The molecule has 1 nitrogen and oxygen atoms in total. The monoisotopic (exact) mass is 499 g/mol. The zero-order valence-electron chi connectivity index (χ0n) is 20.5. The van der Waals surface area contributed by atoms with Crippen molar-refractivity contribution in [3.63, 3.8) is 0 Å². The normalized spacial score (nSPS) is 12.2. The summed E-state index contributed by atoms with van der Waals surface area (Å²) < 4.78 is 5.23. The largest absolute Gasteiger partial charge is 0.308 e. The van der Waals surface area contributed by atoms with Gasteiger partial charge < -0.3 is 4.57 Å². The first kappa shape index (κ1) is 20.4. The van der Waals surface area contributed by atoms with Gasteiger partial charge in [-0.25, -0.2) is 0 Å². The maximum atomic E-state index is 2.50. The van der Waals surface area contributed by atoms with Gasteiger partial charge in [0.15, 0.2) is 0 Å². The van der Waals surface area contributed by atoms with Crippen LogP contribution in [0, 0.1) is 0 Å². The fourth-order valence-corrected chi connectivity index (χ4v) is 7.88. The first-order valence-electron chi connectivity index (χ1n) is 13.0. The zero-order chi connectivity index (χ0) is 24.8. The minimum atomic E-state index is 1.20. The summed E-state index contributed by atoms with van der Waals surface area (Å²) >= 11 is 1.94. The van der Waals surface area contributed by atoms with Gasteiger partial charge in [-0.05, 0) is 50.5 Å². The Morgan fingerprint density at radius 2 is 1.05 bits per heavy atom. The number of fused-ring (bicyclic) bond motifs is 13. The van der Waals surface area contributed by atoms with Crippen molar-refractivity contribution in [1.82, 2.24) is 4.57 Å². The molecule has 2 aromatic heterocycles. The molecule has 2 heterocycles. The Hall–Kier alpha value is -4.66. The lowest BCUT2D eigenvalue weighted by Crippen LogP contribution is -1.94.